The summed E-state index contributed by atoms with van der Waals surface area (Å²) in [6, 6.07) is 5.64. The van der Waals surface area contributed by atoms with Gasteiger partial charge >= 0.3 is 0 Å². The Morgan fingerprint density at radius 3 is 2.70 bits per heavy atom. The minimum Gasteiger partial charge on any atom is -0.361 e. The number of piperidine rings is 1. The van der Waals surface area contributed by atoms with E-state index >= 15 is 0 Å². The first-order valence-corrected chi connectivity index (χ1v) is 10.9. The molecule has 9 heteroatoms. The highest BCUT2D eigenvalue weighted by atomic mass is 32.1. The molecule has 0 radical (unpaired) electrons. The van der Waals surface area contributed by atoms with E-state index in [1.807, 2.05) is 36.3 Å². The summed E-state index contributed by atoms with van der Waals surface area (Å²) in [5.74, 6) is 0.906. The molecule has 0 spiro atoms. The van der Waals surface area contributed by atoms with Crippen LogP contribution in [0.4, 0.5) is 0 Å². The number of nitrogens with zero attached hydrogens (tertiary/aromatic N) is 3. The first-order chi connectivity index (χ1) is 14.5. The highest BCUT2D eigenvalue weighted by Crippen LogP contribution is 2.28. The molecule has 3 aromatic rings. The zero-order chi connectivity index (χ0) is 21.1. The van der Waals surface area contributed by atoms with Gasteiger partial charge in [-0.25, -0.2) is 0 Å². The Hall–Kier alpha value is -2.94. The average molecular weight is 429 g/mol. The summed E-state index contributed by atoms with van der Waals surface area (Å²) in [4.78, 5) is 27.9. The predicted octanol–water partition coefficient (Wildman–Crippen LogP) is 3.22. The largest absolute Gasteiger partial charge is 0.361 e. The van der Waals surface area contributed by atoms with E-state index in [4.69, 9.17) is 9.05 Å². The molecule has 1 saturated heterocycles. The lowest BCUT2D eigenvalue weighted by Crippen LogP contribution is -2.39. The van der Waals surface area contributed by atoms with Gasteiger partial charge in [-0.1, -0.05) is 16.4 Å². The number of amides is 2. The number of carbonyl (C=O) groups is 2. The van der Waals surface area contributed by atoms with E-state index < -0.39 is 0 Å². The summed E-state index contributed by atoms with van der Waals surface area (Å²) >= 11 is 1.59. The molecule has 0 unspecified atom stereocenters. The lowest BCUT2D eigenvalue weighted by atomic mass is 9.93. The van der Waals surface area contributed by atoms with E-state index in [1.165, 1.54) is 0 Å². The molecule has 1 N–H and O–H groups in total. The lowest BCUT2D eigenvalue weighted by molar-refractivity contribution is -0.131. The van der Waals surface area contributed by atoms with Gasteiger partial charge in [0.25, 0.3) is 5.91 Å². The third-order valence-electron chi connectivity index (χ3n) is 5.53. The van der Waals surface area contributed by atoms with Crippen molar-refractivity contribution in [3.63, 3.8) is 0 Å². The quantitative estimate of drug-likeness (QED) is 0.647. The molecule has 0 aromatic carbocycles. The molecule has 3 aromatic heterocycles. The zero-order valence-electron chi connectivity index (χ0n) is 17.0. The second kappa shape index (κ2) is 8.83. The minimum absolute atomic E-state index is 0.0802. The third-order valence-corrected chi connectivity index (χ3v) is 6.41. The van der Waals surface area contributed by atoms with Gasteiger partial charge in [0.05, 0.1) is 24.4 Å². The molecule has 30 heavy (non-hydrogen) atoms. The van der Waals surface area contributed by atoms with Gasteiger partial charge in [-0.15, -0.1) is 11.3 Å². The molecule has 0 atom stereocenters. The summed E-state index contributed by atoms with van der Waals surface area (Å²) in [5.41, 5.74) is 2.41. The second-order valence-corrected chi connectivity index (χ2v) is 8.54. The number of aryl methyl sites for hydroxylation is 2. The molecule has 1 aliphatic heterocycles. The van der Waals surface area contributed by atoms with Gasteiger partial charge in [0.2, 0.25) is 11.7 Å². The number of carbonyl (C=O) groups excluding carboxylic acids is 2. The van der Waals surface area contributed by atoms with Crippen LogP contribution < -0.4 is 5.32 Å². The third kappa shape index (κ3) is 4.46. The van der Waals surface area contributed by atoms with Crippen LogP contribution in [0.15, 0.2) is 32.6 Å². The van der Waals surface area contributed by atoms with Gasteiger partial charge in [-0.3, -0.25) is 9.59 Å². The number of rotatable bonds is 6. The van der Waals surface area contributed by atoms with Crippen LogP contribution in [0.5, 0.6) is 0 Å². The minimum atomic E-state index is -0.269. The van der Waals surface area contributed by atoms with E-state index in [1.54, 1.807) is 17.4 Å². The van der Waals surface area contributed by atoms with Crippen molar-refractivity contribution in [1.29, 1.82) is 0 Å². The number of thiophene rings is 1. The standard InChI is InChI=1S/C21H24N4O4S/c1-13-17(14(2)28-23-13)10-20(26)25-7-5-15(6-8-25)18-11-19(29-24-18)21(27)22-12-16-4-3-9-30-16/h3-4,9,11,15H,5-8,10,12H2,1-2H3,(H,22,27). The Kier molecular flexibility index (Phi) is 5.98. The molecule has 4 heterocycles. The van der Waals surface area contributed by atoms with E-state index in [-0.39, 0.29) is 23.5 Å². The van der Waals surface area contributed by atoms with E-state index in [0.717, 1.165) is 34.7 Å². The van der Waals surface area contributed by atoms with Crippen LogP contribution >= 0.6 is 11.3 Å². The van der Waals surface area contributed by atoms with Crippen molar-refractivity contribution in [1.82, 2.24) is 20.5 Å². The van der Waals surface area contributed by atoms with Gasteiger partial charge in [0.1, 0.15) is 5.76 Å². The van der Waals surface area contributed by atoms with Gasteiger partial charge in [0.15, 0.2) is 0 Å². The van der Waals surface area contributed by atoms with Crippen molar-refractivity contribution in [2.75, 3.05) is 13.1 Å². The molecular weight excluding hydrogens is 404 g/mol. The van der Waals surface area contributed by atoms with Gasteiger partial charge in [0, 0.05) is 35.5 Å². The first-order valence-electron chi connectivity index (χ1n) is 9.98. The maximum absolute atomic E-state index is 12.6. The van der Waals surface area contributed by atoms with Crippen LogP contribution in [0.2, 0.25) is 0 Å². The fourth-order valence-electron chi connectivity index (χ4n) is 3.70. The molecular formula is C21H24N4O4S. The molecule has 1 aliphatic rings. The van der Waals surface area contributed by atoms with Crippen molar-refractivity contribution in [2.45, 2.75) is 45.6 Å². The van der Waals surface area contributed by atoms with Crippen LogP contribution in [-0.2, 0) is 17.8 Å². The van der Waals surface area contributed by atoms with E-state index in [2.05, 4.69) is 15.6 Å². The molecule has 8 nitrogen and oxygen atoms in total. The van der Waals surface area contributed by atoms with Crippen LogP contribution in [0.25, 0.3) is 0 Å². The summed E-state index contributed by atoms with van der Waals surface area (Å²) in [6.45, 7) is 5.45. The van der Waals surface area contributed by atoms with Crippen LogP contribution in [0.3, 0.4) is 0 Å². The molecule has 0 aliphatic carbocycles. The first kappa shape index (κ1) is 20.3. The second-order valence-electron chi connectivity index (χ2n) is 7.51. The number of hydrogen-bond donors (Lipinski definition) is 1. The maximum atomic E-state index is 12.6. The summed E-state index contributed by atoms with van der Waals surface area (Å²) in [5, 5.41) is 12.8. The Morgan fingerprint density at radius 1 is 1.23 bits per heavy atom. The number of aromatic nitrogens is 2. The number of likely N-dealkylation sites (tertiary alicyclic amines) is 1. The molecule has 4 rings (SSSR count). The molecule has 2 amide bonds. The van der Waals surface area contributed by atoms with Gasteiger partial charge in [-0.05, 0) is 38.1 Å². The van der Waals surface area contributed by atoms with Crippen LogP contribution in [0.1, 0.15) is 56.9 Å². The van der Waals surface area contributed by atoms with Crippen LogP contribution in [-0.4, -0.2) is 40.1 Å². The smallest absolute Gasteiger partial charge is 0.290 e. The molecule has 1 fully saturated rings. The average Bonchev–Trinajstić information content (AvgIpc) is 3.51. The maximum Gasteiger partial charge on any atom is 0.290 e. The zero-order valence-corrected chi connectivity index (χ0v) is 17.8. The number of nitrogens with one attached hydrogen (secondary N) is 1. The highest BCUT2D eigenvalue weighted by Gasteiger charge is 2.27. The lowest BCUT2D eigenvalue weighted by Gasteiger charge is -2.31. The Morgan fingerprint density at radius 2 is 2.03 bits per heavy atom. The Balaban J connectivity index is 1.29. The summed E-state index contributed by atoms with van der Waals surface area (Å²) in [6.07, 6.45) is 1.89. The predicted molar refractivity (Wildman–Crippen MR) is 110 cm³/mol. The molecule has 0 saturated carbocycles. The Labute approximate surface area is 178 Å². The van der Waals surface area contributed by atoms with Gasteiger partial charge in [-0.2, -0.15) is 0 Å². The topological polar surface area (TPSA) is 101 Å². The molecule has 0 bridgehead atoms. The van der Waals surface area contributed by atoms with Crippen LogP contribution in [0, 0.1) is 13.8 Å². The van der Waals surface area contributed by atoms with E-state index in [9.17, 15) is 9.59 Å². The molecule has 158 valence electrons. The monoisotopic (exact) mass is 428 g/mol. The normalized spacial score (nSPS) is 14.8. The van der Waals surface area contributed by atoms with Crippen molar-refractivity contribution in [2.24, 2.45) is 0 Å². The fraction of sp³-hybridized carbons (Fsp3) is 0.429. The SMILES string of the molecule is Cc1noc(C)c1CC(=O)N1CCC(c2cc(C(=O)NCc3cccs3)on2)CC1. The van der Waals surface area contributed by atoms with Crippen molar-refractivity contribution in [3.05, 3.63) is 56.9 Å². The fourth-order valence-corrected chi connectivity index (χ4v) is 4.34. The highest BCUT2D eigenvalue weighted by molar-refractivity contribution is 7.09. The number of hydrogen-bond acceptors (Lipinski definition) is 7. The summed E-state index contributed by atoms with van der Waals surface area (Å²) in [7, 11) is 0. The Bertz CT molecular complexity index is 996. The van der Waals surface area contributed by atoms with Crippen molar-refractivity contribution in [3.8, 4) is 0 Å². The van der Waals surface area contributed by atoms with E-state index in [0.29, 0.717) is 31.8 Å². The van der Waals surface area contributed by atoms with Crippen molar-refractivity contribution >= 4 is 23.2 Å². The summed E-state index contributed by atoms with van der Waals surface area (Å²) < 4.78 is 10.4. The van der Waals surface area contributed by atoms with Gasteiger partial charge < -0.3 is 19.3 Å². The van der Waals surface area contributed by atoms with Crippen molar-refractivity contribution < 1.29 is 18.6 Å².